The molecule has 0 heterocycles. The fourth-order valence-corrected chi connectivity index (χ4v) is 3.78. The van der Waals surface area contributed by atoms with E-state index in [9.17, 15) is 0 Å². The highest BCUT2D eigenvalue weighted by atomic mass is 14.7. The van der Waals surface area contributed by atoms with Gasteiger partial charge >= 0.3 is 0 Å². The minimum Gasteiger partial charge on any atom is -0.327 e. The van der Waals surface area contributed by atoms with Gasteiger partial charge in [-0.05, 0) is 37.5 Å². The summed E-state index contributed by atoms with van der Waals surface area (Å²) in [5, 5.41) is 0. The van der Waals surface area contributed by atoms with Gasteiger partial charge in [0.25, 0.3) is 0 Å². The van der Waals surface area contributed by atoms with Crippen molar-refractivity contribution in [2.24, 2.45) is 17.6 Å². The summed E-state index contributed by atoms with van der Waals surface area (Å²) >= 11 is 0. The molecule has 1 nitrogen and oxygen atoms in total. The number of rotatable bonds is 2. The Morgan fingerprint density at radius 1 is 0.562 bits per heavy atom. The van der Waals surface area contributed by atoms with Gasteiger partial charge in [0, 0.05) is 6.04 Å². The van der Waals surface area contributed by atoms with Crippen LogP contribution in [0.15, 0.2) is 0 Å². The zero-order valence-corrected chi connectivity index (χ0v) is 10.8. The van der Waals surface area contributed by atoms with Crippen molar-refractivity contribution in [2.75, 3.05) is 0 Å². The first-order valence-corrected chi connectivity index (χ1v) is 7.63. The Hall–Kier alpha value is -0.0400. The molecule has 0 saturated heterocycles. The first kappa shape index (κ1) is 12.4. The lowest BCUT2D eigenvalue weighted by atomic mass is 9.75. The van der Waals surface area contributed by atoms with E-state index >= 15 is 0 Å². The molecule has 0 aromatic carbocycles. The van der Waals surface area contributed by atoms with Gasteiger partial charge in [0.1, 0.15) is 0 Å². The second kappa shape index (κ2) is 6.64. The lowest BCUT2D eigenvalue weighted by molar-refractivity contribution is 0.214. The molecule has 2 rings (SSSR count). The maximum atomic E-state index is 6.54. The van der Waals surface area contributed by atoms with Gasteiger partial charge in [0.05, 0.1) is 0 Å². The third kappa shape index (κ3) is 3.48. The average molecular weight is 223 g/mol. The highest BCUT2D eigenvalue weighted by Gasteiger charge is 2.27. The van der Waals surface area contributed by atoms with E-state index in [0.29, 0.717) is 6.04 Å². The summed E-state index contributed by atoms with van der Waals surface area (Å²) in [5.41, 5.74) is 6.54. The smallest absolute Gasteiger partial charge is 0.00956 e. The molecule has 2 aliphatic carbocycles. The fourth-order valence-electron chi connectivity index (χ4n) is 3.78. The molecule has 1 atom stereocenters. The summed E-state index contributed by atoms with van der Waals surface area (Å²) in [6.07, 6.45) is 17.2. The van der Waals surface area contributed by atoms with E-state index in [2.05, 4.69) is 0 Å². The van der Waals surface area contributed by atoms with Crippen molar-refractivity contribution in [1.82, 2.24) is 0 Å². The molecule has 94 valence electrons. The SMILES string of the molecule is NC(C1CCCCCCC1)C1CCCCC1. The Morgan fingerprint density at radius 2 is 0.875 bits per heavy atom. The molecule has 0 aliphatic heterocycles. The Bertz CT molecular complexity index is 176. The van der Waals surface area contributed by atoms with Gasteiger partial charge in [-0.25, -0.2) is 0 Å². The van der Waals surface area contributed by atoms with Gasteiger partial charge in [-0.3, -0.25) is 0 Å². The largest absolute Gasteiger partial charge is 0.327 e. The standard InChI is InChI=1S/C15H29N/c16-15(14-11-7-4-8-12-14)13-9-5-2-1-3-6-10-13/h13-15H,1-12,16H2. The normalized spacial score (nSPS) is 28.3. The van der Waals surface area contributed by atoms with Crippen LogP contribution in [0.4, 0.5) is 0 Å². The van der Waals surface area contributed by atoms with Crippen molar-refractivity contribution in [3.8, 4) is 0 Å². The van der Waals surface area contributed by atoms with Crippen molar-refractivity contribution < 1.29 is 0 Å². The fraction of sp³-hybridized carbons (Fsp3) is 1.00. The molecular formula is C15H29N. The molecule has 0 bridgehead atoms. The molecule has 1 unspecified atom stereocenters. The van der Waals surface area contributed by atoms with Gasteiger partial charge in [-0.1, -0.05) is 51.4 Å². The van der Waals surface area contributed by atoms with Gasteiger partial charge in [0.15, 0.2) is 0 Å². The van der Waals surface area contributed by atoms with Crippen LogP contribution in [0, 0.1) is 11.8 Å². The second-order valence-corrected chi connectivity index (χ2v) is 6.08. The van der Waals surface area contributed by atoms with E-state index in [1.54, 1.807) is 0 Å². The highest BCUT2D eigenvalue weighted by molar-refractivity contribution is 4.83. The summed E-state index contributed by atoms with van der Waals surface area (Å²) in [4.78, 5) is 0. The Balaban J connectivity index is 1.82. The second-order valence-electron chi connectivity index (χ2n) is 6.08. The molecule has 1 heteroatoms. The summed E-state index contributed by atoms with van der Waals surface area (Å²) < 4.78 is 0. The molecule has 16 heavy (non-hydrogen) atoms. The van der Waals surface area contributed by atoms with Gasteiger partial charge in [-0.15, -0.1) is 0 Å². The van der Waals surface area contributed by atoms with Crippen LogP contribution in [0.25, 0.3) is 0 Å². The molecular weight excluding hydrogens is 194 g/mol. The maximum absolute atomic E-state index is 6.54. The number of hydrogen-bond acceptors (Lipinski definition) is 1. The number of hydrogen-bond donors (Lipinski definition) is 1. The lowest BCUT2D eigenvalue weighted by Crippen LogP contribution is -2.39. The van der Waals surface area contributed by atoms with E-state index in [1.165, 1.54) is 77.0 Å². The molecule has 2 aliphatic rings. The summed E-state index contributed by atoms with van der Waals surface area (Å²) in [5.74, 6) is 1.71. The molecule has 2 N–H and O–H groups in total. The number of nitrogens with two attached hydrogens (primary N) is 1. The summed E-state index contributed by atoms with van der Waals surface area (Å²) in [6.45, 7) is 0. The molecule has 0 aromatic rings. The van der Waals surface area contributed by atoms with E-state index in [0.717, 1.165) is 11.8 Å². The molecule has 0 radical (unpaired) electrons. The van der Waals surface area contributed by atoms with Crippen LogP contribution in [-0.2, 0) is 0 Å². The van der Waals surface area contributed by atoms with Gasteiger partial charge < -0.3 is 5.73 Å². The zero-order chi connectivity index (χ0) is 11.2. The van der Waals surface area contributed by atoms with Crippen LogP contribution in [0.2, 0.25) is 0 Å². The van der Waals surface area contributed by atoms with E-state index in [1.807, 2.05) is 0 Å². The first-order valence-electron chi connectivity index (χ1n) is 7.63. The molecule has 0 aromatic heterocycles. The highest BCUT2D eigenvalue weighted by Crippen LogP contribution is 2.33. The first-order chi connectivity index (χ1) is 7.88. The van der Waals surface area contributed by atoms with E-state index < -0.39 is 0 Å². The van der Waals surface area contributed by atoms with Crippen LogP contribution in [0.5, 0.6) is 0 Å². The minimum absolute atomic E-state index is 0.526. The van der Waals surface area contributed by atoms with E-state index in [4.69, 9.17) is 5.73 Å². The molecule has 2 saturated carbocycles. The monoisotopic (exact) mass is 223 g/mol. The predicted octanol–water partition coefficient (Wildman–Crippen LogP) is 4.25. The molecule has 2 fully saturated rings. The predicted molar refractivity (Wildman–Crippen MR) is 70.4 cm³/mol. The van der Waals surface area contributed by atoms with Crippen LogP contribution >= 0.6 is 0 Å². The van der Waals surface area contributed by atoms with Crippen molar-refractivity contribution >= 4 is 0 Å². The third-order valence-corrected chi connectivity index (χ3v) is 4.89. The molecule has 0 amide bonds. The minimum atomic E-state index is 0.526. The Labute approximate surface area is 101 Å². The Kier molecular flexibility index (Phi) is 5.15. The van der Waals surface area contributed by atoms with Gasteiger partial charge in [0.2, 0.25) is 0 Å². The van der Waals surface area contributed by atoms with Crippen LogP contribution in [0.1, 0.15) is 77.0 Å². The summed E-state index contributed by atoms with van der Waals surface area (Å²) in [6, 6.07) is 0.526. The topological polar surface area (TPSA) is 26.0 Å². The van der Waals surface area contributed by atoms with E-state index in [-0.39, 0.29) is 0 Å². The van der Waals surface area contributed by atoms with Crippen LogP contribution in [-0.4, -0.2) is 6.04 Å². The maximum Gasteiger partial charge on any atom is 0.00956 e. The zero-order valence-electron chi connectivity index (χ0n) is 10.8. The van der Waals surface area contributed by atoms with Crippen molar-refractivity contribution in [3.63, 3.8) is 0 Å². The quantitative estimate of drug-likeness (QED) is 0.744. The van der Waals surface area contributed by atoms with Crippen LogP contribution in [0.3, 0.4) is 0 Å². The average Bonchev–Trinajstić information content (AvgIpc) is 2.29. The lowest BCUT2D eigenvalue weighted by Gasteiger charge is -2.34. The van der Waals surface area contributed by atoms with Crippen molar-refractivity contribution in [2.45, 2.75) is 83.1 Å². The summed E-state index contributed by atoms with van der Waals surface area (Å²) in [7, 11) is 0. The van der Waals surface area contributed by atoms with Crippen molar-refractivity contribution in [1.29, 1.82) is 0 Å². The van der Waals surface area contributed by atoms with Gasteiger partial charge in [-0.2, -0.15) is 0 Å². The third-order valence-electron chi connectivity index (χ3n) is 4.89. The van der Waals surface area contributed by atoms with Crippen molar-refractivity contribution in [3.05, 3.63) is 0 Å². The van der Waals surface area contributed by atoms with Crippen LogP contribution < -0.4 is 5.73 Å². The molecule has 0 spiro atoms. The Morgan fingerprint density at radius 3 is 1.31 bits per heavy atom.